The first-order chi connectivity index (χ1) is 6.90. The largest absolute Gasteiger partial charge is 0.356 e. The SMILES string of the molecule is CC(CN)C(=O)NCC(C(C)C)C(C)C. The Morgan fingerprint density at radius 3 is 1.93 bits per heavy atom. The van der Waals surface area contributed by atoms with Crippen molar-refractivity contribution in [3.05, 3.63) is 0 Å². The second kappa shape index (κ2) is 6.83. The topological polar surface area (TPSA) is 55.1 Å². The van der Waals surface area contributed by atoms with Crippen LogP contribution in [0.4, 0.5) is 0 Å². The van der Waals surface area contributed by atoms with Crippen molar-refractivity contribution in [2.24, 2.45) is 29.4 Å². The van der Waals surface area contributed by atoms with Gasteiger partial charge in [-0.2, -0.15) is 0 Å². The van der Waals surface area contributed by atoms with Crippen LogP contribution in [0, 0.1) is 23.7 Å². The highest BCUT2D eigenvalue weighted by Gasteiger charge is 2.19. The minimum atomic E-state index is -0.0787. The minimum Gasteiger partial charge on any atom is -0.356 e. The maximum atomic E-state index is 11.5. The highest BCUT2D eigenvalue weighted by Crippen LogP contribution is 2.19. The van der Waals surface area contributed by atoms with Crippen LogP contribution in [0.25, 0.3) is 0 Å². The van der Waals surface area contributed by atoms with Crippen LogP contribution in [0.5, 0.6) is 0 Å². The molecule has 0 radical (unpaired) electrons. The highest BCUT2D eigenvalue weighted by molar-refractivity contribution is 5.78. The second-order valence-corrected chi connectivity index (χ2v) is 5.03. The normalized spacial score (nSPS) is 13.7. The number of amides is 1. The third-order valence-electron chi connectivity index (χ3n) is 3.03. The van der Waals surface area contributed by atoms with Gasteiger partial charge in [0.2, 0.25) is 5.91 Å². The van der Waals surface area contributed by atoms with Gasteiger partial charge in [-0.25, -0.2) is 0 Å². The summed E-state index contributed by atoms with van der Waals surface area (Å²) in [6.45, 7) is 11.8. The van der Waals surface area contributed by atoms with Crippen molar-refractivity contribution in [3.63, 3.8) is 0 Å². The Morgan fingerprint density at radius 1 is 1.13 bits per heavy atom. The summed E-state index contributed by atoms with van der Waals surface area (Å²) >= 11 is 0. The van der Waals surface area contributed by atoms with Crippen molar-refractivity contribution in [1.82, 2.24) is 5.32 Å². The van der Waals surface area contributed by atoms with Crippen LogP contribution < -0.4 is 11.1 Å². The van der Waals surface area contributed by atoms with E-state index in [1.54, 1.807) is 0 Å². The van der Waals surface area contributed by atoms with Crippen LogP contribution >= 0.6 is 0 Å². The summed E-state index contributed by atoms with van der Waals surface area (Å²) in [5.74, 6) is 1.73. The van der Waals surface area contributed by atoms with Crippen LogP contribution in [0.3, 0.4) is 0 Å². The van der Waals surface area contributed by atoms with Gasteiger partial charge in [0.1, 0.15) is 0 Å². The van der Waals surface area contributed by atoms with Crippen LogP contribution in [0.15, 0.2) is 0 Å². The van der Waals surface area contributed by atoms with Gasteiger partial charge in [-0.3, -0.25) is 4.79 Å². The summed E-state index contributed by atoms with van der Waals surface area (Å²) in [5, 5.41) is 2.98. The Hall–Kier alpha value is -0.570. The quantitative estimate of drug-likeness (QED) is 0.706. The van der Waals surface area contributed by atoms with Crippen molar-refractivity contribution in [1.29, 1.82) is 0 Å². The summed E-state index contributed by atoms with van der Waals surface area (Å²) in [7, 11) is 0. The summed E-state index contributed by atoms with van der Waals surface area (Å²) in [6, 6.07) is 0. The lowest BCUT2D eigenvalue weighted by molar-refractivity contribution is -0.124. The lowest BCUT2D eigenvalue weighted by Gasteiger charge is -2.25. The Balaban J connectivity index is 4.05. The molecule has 0 aromatic rings. The molecule has 0 aliphatic heterocycles. The summed E-state index contributed by atoms with van der Waals surface area (Å²) in [4.78, 5) is 11.5. The molecule has 0 fully saturated rings. The van der Waals surface area contributed by atoms with E-state index in [4.69, 9.17) is 5.73 Å². The number of carbonyl (C=O) groups is 1. The van der Waals surface area contributed by atoms with E-state index >= 15 is 0 Å². The van der Waals surface area contributed by atoms with E-state index in [1.807, 2.05) is 6.92 Å². The predicted molar refractivity (Wildman–Crippen MR) is 64.4 cm³/mol. The predicted octanol–water partition coefficient (Wildman–Crippen LogP) is 1.63. The summed E-state index contributed by atoms with van der Waals surface area (Å²) in [6.07, 6.45) is 0. The fourth-order valence-corrected chi connectivity index (χ4v) is 1.74. The number of rotatable bonds is 6. The smallest absolute Gasteiger partial charge is 0.224 e. The number of hydrogen-bond donors (Lipinski definition) is 2. The average Bonchev–Trinajstić information content (AvgIpc) is 2.15. The molecular formula is C12H26N2O. The molecule has 0 rings (SSSR count). The Kier molecular flexibility index (Phi) is 6.57. The first-order valence-corrected chi connectivity index (χ1v) is 5.87. The lowest BCUT2D eigenvalue weighted by Crippen LogP contribution is -2.38. The molecule has 15 heavy (non-hydrogen) atoms. The molecule has 0 bridgehead atoms. The fourth-order valence-electron chi connectivity index (χ4n) is 1.74. The molecule has 3 heteroatoms. The van der Waals surface area contributed by atoms with E-state index in [-0.39, 0.29) is 11.8 Å². The van der Waals surface area contributed by atoms with E-state index < -0.39 is 0 Å². The molecule has 0 saturated carbocycles. The molecule has 0 aliphatic carbocycles. The first-order valence-electron chi connectivity index (χ1n) is 5.87. The lowest BCUT2D eigenvalue weighted by atomic mass is 9.85. The molecule has 0 heterocycles. The molecule has 0 spiro atoms. The zero-order valence-electron chi connectivity index (χ0n) is 10.7. The maximum absolute atomic E-state index is 11.5. The second-order valence-electron chi connectivity index (χ2n) is 5.03. The van der Waals surface area contributed by atoms with Gasteiger partial charge in [0.15, 0.2) is 0 Å². The summed E-state index contributed by atoms with van der Waals surface area (Å²) in [5.41, 5.74) is 5.44. The number of nitrogens with two attached hydrogens (primary N) is 1. The number of nitrogens with one attached hydrogen (secondary N) is 1. The van der Waals surface area contributed by atoms with Crippen molar-refractivity contribution in [2.75, 3.05) is 13.1 Å². The number of carbonyl (C=O) groups excluding carboxylic acids is 1. The van der Waals surface area contributed by atoms with Gasteiger partial charge in [-0.1, -0.05) is 34.6 Å². The molecule has 1 atom stereocenters. The molecular weight excluding hydrogens is 188 g/mol. The van der Waals surface area contributed by atoms with E-state index in [9.17, 15) is 4.79 Å². The number of hydrogen-bond acceptors (Lipinski definition) is 2. The van der Waals surface area contributed by atoms with Gasteiger partial charge in [-0.05, 0) is 17.8 Å². The Morgan fingerprint density at radius 2 is 1.60 bits per heavy atom. The Labute approximate surface area is 93.8 Å². The van der Waals surface area contributed by atoms with Crippen molar-refractivity contribution >= 4 is 5.91 Å². The molecule has 0 aromatic heterocycles. The third kappa shape index (κ3) is 5.17. The first kappa shape index (κ1) is 14.4. The molecule has 0 saturated heterocycles. The zero-order chi connectivity index (χ0) is 12.0. The van der Waals surface area contributed by atoms with Crippen LogP contribution in [-0.2, 0) is 4.79 Å². The highest BCUT2D eigenvalue weighted by atomic mass is 16.1. The van der Waals surface area contributed by atoms with Crippen LogP contribution in [0.1, 0.15) is 34.6 Å². The molecule has 3 nitrogen and oxygen atoms in total. The van der Waals surface area contributed by atoms with Gasteiger partial charge in [0.05, 0.1) is 0 Å². The fraction of sp³-hybridized carbons (Fsp3) is 0.917. The van der Waals surface area contributed by atoms with Gasteiger partial charge in [-0.15, -0.1) is 0 Å². The molecule has 0 aliphatic rings. The van der Waals surface area contributed by atoms with Crippen LogP contribution in [-0.4, -0.2) is 19.0 Å². The van der Waals surface area contributed by atoms with Gasteiger partial charge in [0.25, 0.3) is 0 Å². The minimum absolute atomic E-state index is 0.0730. The van der Waals surface area contributed by atoms with Gasteiger partial charge in [0, 0.05) is 19.0 Å². The monoisotopic (exact) mass is 214 g/mol. The van der Waals surface area contributed by atoms with E-state index in [0.29, 0.717) is 24.3 Å². The summed E-state index contributed by atoms with van der Waals surface area (Å²) < 4.78 is 0. The van der Waals surface area contributed by atoms with E-state index in [0.717, 1.165) is 6.54 Å². The van der Waals surface area contributed by atoms with Gasteiger partial charge >= 0.3 is 0 Å². The van der Waals surface area contributed by atoms with E-state index in [1.165, 1.54) is 0 Å². The molecule has 90 valence electrons. The molecule has 1 amide bonds. The Bertz CT molecular complexity index is 182. The van der Waals surface area contributed by atoms with Crippen molar-refractivity contribution in [3.8, 4) is 0 Å². The third-order valence-corrected chi connectivity index (χ3v) is 3.03. The standard InChI is InChI=1S/C12H26N2O/c1-8(2)11(9(3)4)7-14-12(15)10(5)6-13/h8-11H,6-7,13H2,1-5H3,(H,14,15). The van der Waals surface area contributed by atoms with Crippen molar-refractivity contribution < 1.29 is 4.79 Å². The maximum Gasteiger partial charge on any atom is 0.224 e. The van der Waals surface area contributed by atoms with E-state index in [2.05, 4.69) is 33.0 Å². The molecule has 1 unspecified atom stereocenters. The van der Waals surface area contributed by atoms with Crippen LogP contribution in [0.2, 0.25) is 0 Å². The average molecular weight is 214 g/mol. The zero-order valence-corrected chi connectivity index (χ0v) is 10.7. The van der Waals surface area contributed by atoms with Crippen molar-refractivity contribution in [2.45, 2.75) is 34.6 Å². The molecule has 0 aromatic carbocycles. The molecule has 3 N–H and O–H groups in total. The van der Waals surface area contributed by atoms with Gasteiger partial charge < -0.3 is 11.1 Å².